The molecule has 2 N–H and O–H groups in total. The SMILES string of the molecule is CCC1CN(S(=O)(=O)c2cc(N)c(F)cc2C)CCN1C. The summed E-state index contributed by atoms with van der Waals surface area (Å²) in [6, 6.07) is 2.60. The average molecular weight is 315 g/mol. The van der Waals surface area contributed by atoms with Crippen LogP contribution >= 0.6 is 0 Å². The van der Waals surface area contributed by atoms with Gasteiger partial charge in [-0.25, -0.2) is 12.8 Å². The Kier molecular flexibility index (Phi) is 4.55. The van der Waals surface area contributed by atoms with Crippen molar-refractivity contribution in [1.82, 2.24) is 9.21 Å². The van der Waals surface area contributed by atoms with Crippen LogP contribution in [0.2, 0.25) is 0 Å². The normalized spacial score (nSPS) is 21.6. The predicted octanol–water partition coefficient (Wildman–Crippen LogP) is 1.43. The molecule has 0 bridgehead atoms. The lowest BCUT2D eigenvalue weighted by molar-refractivity contribution is 0.144. The summed E-state index contributed by atoms with van der Waals surface area (Å²) < 4.78 is 40.4. The van der Waals surface area contributed by atoms with E-state index >= 15 is 0 Å². The summed E-state index contributed by atoms with van der Waals surface area (Å²) in [5, 5.41) is 0. The molecule has 1 aliphatic heterocycles. The summed E-state index contributed by atoms with van der Waals surface area (Å²) in [4.78, 5) is 2.26. The highest BCUT2D eigenvalue weighted by Gasteiger charge is 2.33. The van der Waals surface area contributed by atoms with Crippen molar-refractivity contribution >= 4 is 15.7 Å². The first-order chi connectivity index (χ1) is 9.77. The summed E-state index contributed by atoms with van der Waals surface area (Å²) in [6.45, 7) is 5.20. The third-order valence-electron chi connectivity index (χ3n) is 4.12. The van der Waals surface area contributed by atoms with Gasteiger partial charge in [0, 0.05) is 25.7 Å². The van der Waals surface area contributed by atoms with Gasteiger partial charge in [-0.05, 0) is 38.1 Å². The quantitative estimate of drug-likeness (QED) is 0.857. The monoisotopic (exact) mass is 315 g/mol. The maximum Gasteiger partial charge on any atom is 0.243 e. The van der Waals surface area contributed by atoms with Gasteiger partial charge >= 0.3 is 0 Å². The smallest absolute Gasteiger partial charge is 0.243 e. The molecule has 1 aromatic rings. The molecular formula is C14H22FN3O2S. The average Bonchev–Trinajstić information content (AvgIpc) is 2.43. The molecule has 1 aromatic carbocycles. The van der Waals surface area contributed by atoms with Gasteiger partial charge in [0.05, 0.1) is 10.6 Å². The number of anilines is 1. The highest BCUT2D eigenvalue weighted by Crippen LogP contribution is 2.26. The van der Waals surface area contributed by atoms with E-state index in [9.17, 15) is 12.8 Å². The maximum atomic E-state index is 13.4. The minimum atomic E-state index is -3.64. The summed E-state index contributed by atoms with van der Waals surface area (Å²) in [7, 11) is -1.64. The van der Waals surface area contributed by atoms with E-state index in [1.807, 2.05) is 14.0 Å². The van der Waals surface area contributed by atoms with E-state index in [0.717, 1.165) is 6.42 Å². The van der Waals surface area contributed by atoms with Gasteiger partial charge in [-0.2, -0.15) is 4.31 Å². The van der Waals surface area contributed by atoms with Crippen molar-refractivity contribution in [2.75, 3.05) is 32.4 Å². The van der Waals surface area contributed by atoms with Crippen LogP contribution in [0.1, 0.15) is 18.9 Å². The number of aryl methyl sites for hydroxylation is 1. The van der Waals surface area contributed by atoms with E-state index in [2.05, 4.69) is 4.90 Å². The second-order valence-electron chi connectivity index (χ2n) is 5.54. The topological polar surface area (TPSA) is 66.6 Å². The molecule has 118 valence electrons. The predicted molar refractivity (Wildman–Crippen MR) is 81.0 cm³/mol. The molecule has 1 saturated heterocycles. The zero-order chi connectivity index (χ0) is 15.8. The molecule has 0 spiro atoms. The van der Waals surface area contributed by atoms with E-state index in [-0.39, 0.29) is 16.6 Å². The Balaban J connectivity index is 2.37. The molecule has 0 amide bonds. The highest BCUT2D eigenvalue weighted by molar-refractivity contribution is 7.89. The van der Waals surface area contributed by atoms with Gasteiger partial charge in [-0.1, -0.05) is 6.92 Å². The Labute approximate surface area is 125 Å². The number of halogens is 1. The summed E-state index contributed by atoms with van der Waals surface area (Å²) in [5.41, 5.74) is 5.77. The molecule has 21 heavy (non-hydrogen) atoms. The number of nitrogen functional groups attached to an aromatic ring is 1. The standard InChI is InChI=1S/C14H22FN3O2S/c1-4-11-9-18(6-5-17(11)3)21(19,20)14-8-13(16)12(15)7-10(14)2/h7-8,11H,4-6,9,16H2,1-3H3. The highest BCUT2D eigenvalue weighted by atomic mass is 32.2. The van der Waals surface area contributed by atoms with E-state index in [4.69, 9.17) is 5.73 Å². The third-order valence-corrected chi connectivity index (χ3v) is 6.13. The fourth-order valence-corrected chi connectivity index (χ4v) is 4.37. The first-order valence-electron chi connectivity index (χ1n) is 7.03. The van der Waals surface area contributed by atoms with Crippen molar-refractivity contribution in [2.24, 2.45) is 0 Å². The summed E-state index contributed by atoms with van der Waals surface area (Å²) in [5.74, 6) is -0.587. The van der Waals surface area contributed by atoms with E-state index < -0.39 is 15.8 Å². The molecule has 1 fully saturated rings. The number of hydrogen-bond donors (Lipinski definition) is 1. The van der Waals surface area contributed by atoms with E-state index in [1.54, 1.807) is 6.92 Å². The minimum absolute atomic E-state index is 0.0980. The van der Waals surface area contributed by atoms with Crippen LogP contribution in [0.5, 0.6) is 0 Å². The van der Waals surface area contributed by atoms with Crippen molar-refractivity contribution in [3.63, 3.8) is 0 Å². The number of piperazine rings is 1. The van der Waals surface area contributed by atoms with Gasteiger partial charge in [-0.15, -0.1) is 0 Å². The van der Waals surface area contributed by atoms with Gasteiger partial charge in [0.15, 0.2) is 0 Å². The van der Waals surface area contributed by atoms with Crippen LogP contribution < -0.4 is 5.73 Å². The molecule has 5 nitrogen and oxygen atoms in total. The first kappa shape index (κ1) is 16.2. The Hall–Kier alpha value is -1.18. The number of hydrogen-bond acceptors (Lipinski definition) is 4. The van der Waals surface area contributed by atoms with Crippen LogP contribution in [0, 0.1) is 12.7 Å². The Morgan fingerprint density at radius 3 is 2.67 bits per heavy atom. The second kappa shape index (κ2) is 5.90. The lowest BCUT2D eigenvalue weighted by Gasteiger charge is -2.38. The first-order valence-corrected chi connectivity index (χ1v) is 8.47. The molecule has 2 rings (SSSR count). The molecule has 0 radical (unpaired) electrons. The third kappa shape index (κ3) is 3.04. The largest absolute Gasteiger partial charge is 0.396 e. The maximum absolute atomic E-state index is 13.4. The molecular weight excluding hydrogens is 293 g/mol. The van der Waals surface area contributed by atoms with Crippen LogP contribution in [-0.4, -0.2) is 50.3 Å². The van der Waals surface area contributed by atoms with Crippen LogP contribution in [0.15, 0.2) is 17.0 Å². The Bertz CT molecular complexity index is 633. The number of benzene rings is 1. The van der Waals surface area contributed by atoms with Gasteiger partial charge in [-0.3, -0.25) is 0 Å². The number of sulfonamides is 1. The number of nitrogens with zero attached hydrogens (tertiary/aromatic N) is 2. The number of likely N-dealkylation sites (N-methyl/N-ethyl adjacent to an activating group) is 1. The van der Waals surface area contributed by atoms with Crippen molar-refractivity contribution in [2.45, 2.75) is 31.2 Å². The van der Waals surface area contributed by atoms with Crippen LogP contribution in [0.25, 0.3) is 0 Å². The van der Waals surface area contributed by atoms with Gasteiger partial charge in [0.2, 0.25) is 10.0 Å². The molecule has 1 atom stereocenters. The molecule has 0 aromatic heterocycles. The fourth-order valence-electron chi connectivity index (χ4n) is 2.66. The minimum Gasteiger partial charge on any atom is -0.396 e. The Morgan fingerprint density at radius 2 is 2.05 bits per heavy atom. The Morgan fingerprint density at radius 1 is 1.38 bits per heavy atom. The number of rotatable bonds is 3. The lowest BCUT2D eigenvalue weighted by Crippen LogP contribution is -2.52. The van der Waals surface area contributed by atoms with Gasteiger partial charge < -0.3 is 10.6 Å². The van der Waals surface area contributed by atoms with Crippen LogP contribution in [0.3, 0.4) is 0 Å². The van der Waals surface area contributed by atoms with Crippen LogP contribution in [-0.2, 0) is 10.0 Å². The zero-order valence-corrected chi connectivity index (χ0v) is 13.5. The zero-order valence-electron chi connectivity index (χ0n) is 12.6. The van der Waals surface area contributed by atoms with Gasteiger partial charge in [0.25, 0.3) is 0 Å². The van der Waals surface area contributed by atoms with Gasteiger partial charge in [0.1, 0.15) is 5.82 Å². The summed E-state index contributed by atoms with van der Waals surface area (Å²) in [6.07, 6.45) is 0.882. The van der Waals surface area contributed by atoms with Crippen molar-refractivity contribution in [3.05, 3.63) is 23.5 Å². The number of nitrogens with two attached hydrogens (primary N) is 1. The molecule has 0 aliphatic carbocycles. The van der Waals surface area contributed by atoms with Crippen LogP contribution in [0.4, 0.5) is 10.1 Å². The molecule has 0 saturated carbocycles. The summed E-state index contributed by atoms with van der Waals surface area (Å²) >= 11 is 0. The molecule has 1 heterocycles. The van der Waals surface area contributed by atoms with Crippen molar-refractivity contribution < 1.29 is 12.8 Å². The van der Waals surface area contributed by atoms with Crippen molar-refractivity contribution in [1.29, 1.82) is 0 Å². The second-order valence-corrected chi connectivity index (χ2v) is 7.45. The lowest BCUT2D eigenvalue weighted by atomic mass is 10.1. The van der Waals surface area contributed by atoms with E-state index in [1.165, 1.54) is 16.4 Å². The van der Waals surface area contributed by atoms with Crippen molar-refractivity contribution in [3.8, 4) is 0 Å². The molecule has 7 heteroatoms. The molecule has 1 unspecified atom stereocenters. The fraction of sp³-hybridized carbons (Fsp3) is 0.571. The van der Waals surface area contributed by atoms with E-state index in [0.29, 0.717) is 25.2 Å². The molecule has 1 aliphatic rings.